The first-order valence-electron chi connectivity index (χ1n) is 9.55. The van der Waals surface area contributed by atoms with Crippen molar-refractivity contribution >= 4 is 17.4 Å². The van der Waals surface area contributed by atoms with Crippen molar-refractivity contribution in [3.8, 4) is 0 Å². The van der Waals surface area contributed by atoms with Crippen LogP contribution in [0.2, 0.25) is 0 Å². The standard InChI is InChI=1S/C20H26N2O5/c1-19(2)11-17(23)15(12-27-19)20(25)14-5-3-4-6-16(14)22(18(20)24)13-21-7-9-26-10-8-21/h3-6,15,25H,7-13H2,1-2H3/p+1/t15-,20+/m0/s1. The van der Waals surface area contributed by atoms with Gasteiger partial charge < -0.3 is 19.5 Å². The summed E-state index contributed by atoms with van der Waals surface area (Å²) in [4.78, 5) is 29.1. The molecule has 3 heterocycles. The maximum atomic E-state index is 13.4. The van der Waals surface area contributed by atoms with Gasteiger partial charge in [-0.25, -0.2) is 0 Å². The Morgan fingerprint density at radius 3 is 2.63 bits per heavy atom. The molecule has 3 aliphatic rings. The van der Waals surface area contributed by atoms with E-state index in [2.05, 4.69) is 0 Å². The average molecular weight is 375 g/mol. The molecule has 0 unspecified atom stereocenters. The molecular formula is C20H27N2O5+. The number of ether oxygens (including phenoxy) is 2. The monoisotopic (exact) mass is 375 g/mol. The number of para-hydroxylation sites is 1. The quantitative estimate of drug-likeness (QED) is 0.743. The van der Waals surface area contributed by atoms with Crippen LogP contribution in [-0.4, -0.2) is 62.0 Å². The van der Waals surface area contributed by atoms with Crippen LogP contribution in [0.4, 0.5) is 5.69 Å². The molecule has 1 aromatic rings. The number of ketones is 1. The second-order valence-corrected chi connectivity index (χ2v) is 8.30. The molecule has 4 rings (SSSR count). The van der Waals surface area contributed by atoms with Crippen LogP contribution in [0.3, 0.4) is 0 Å². The van der Waals surface area contributed by atoms with Gasteiger partial charge >= 0.3 is 0 Å². The molecule has 7 heteroatoms. The fourth-order valence-electron chi connectivity index (χ4n) is 4.35. The number of morpholine rings is 1. The molecule has 27 heavy (non-hydrogen) atoms. The topological polar surface area (TPSA) is 80.5 Å². The maximum absolute atomic E-state index is 13.4. The minimum atomic E-state index is -1.87. The number of Topliss-reactive ketones (excluding diaryl/α,β-unsaturated/α-hetero) is 1. The number of nitrogens with one attached hydrogen (secondary N) is 1. The van der Waals surface area contributed by atoms with E-state index in [0.717, 1.165) is 13.1 Å². The molecule has 0 radical (unpaired) electrons. The number of fused-ring (bicyclic) bond motifs is 1. The van der Waals surface area contributed by atoms with Gasteiger partial charge in [-0.15, -0.1) is 0 Å². The zero-order valence-corrected chi connectivity index (χ0v) is 15.9. The summed E-state index contributed by atoms with van der Waals surface area (Å²) in [6, 6.07) is 7.22. The van der Waals surface area contributed by atoms with Crippen LogP contribution in [-0.2, 0) is 24.7 Å². The molecule has 1 amide bonds. The van der Waals surface area contributed by atoms with Gasteiger partial charge in [0.2, 0.25) is 0 Å². The summed E-state index contributed by atoms with van der Waals surface area (Å²) in [6.07, 6.45) is 0.185. The lowest BCUT2D eigenvalue weighted by Gasteiger charge is -2.39. The second-order valence-electron chi connectivity index (χ2n) is 8.30. The van der Waals surface area contributed by atoms with Gasteiger partial charge in [0.25, 0.3) is 5.91 Å². The third-order valence-corrected chi connectivity index (χ3v) is 5.89. The molecule has 7 nitrogen and oxygen atoms in total. The van der Waals surface area contributed by atoms with Gasteiger partial charge in [-0.05, 0) is 19.9 Å². The van der Waals surface area contributed by atoms with Gasteiger partial charge in [-0.1, -0.05) is 18.2 Å². The van der Waals surface area contributed by atoms with Crippen molar-refractivity contribution in [3.63, 3.8) is 0 Å². The Hall–Kier alpha value is -1.80. The van der Waals surface area contributed by atoms with Crippen molar-refractivity contribution in [2.75, 3.05) is 44.5 Å². The molecule has 0 aliphatic carbocycles. The first-order valence-corrected chi connectivity index (χ1v) is 9.55. The lowest BCUT2D eigenvalue weighted by molar-refractivity contribution is -0.906. The third kappa shape index (κ3) is 3.08. The van der Waals surface area contributed by atoms with Crippen LogP contribution in [0, 0.1) is 5.92 Å². The van der Waals surface area contributed by atoms with Crippen molar-refractivity contribution in [1.29, 1.82) is 0 Å². The average Bonchev–Trinajstić information content (AvgIpc) is 2.85. The molecule has 0 bridgehead atoms. The molecule has 146 valence electrons. The van der Waals surface area contributed by atoms with Crippen LogP contribution in [0.5, 0.6) is 0 Å². The highest BCUT2D eigenvalue weighted by atomic mass is 16.5. The number of hydrogen-bond donors (Lipinski definition) is 2. The van der Waals surface area contributed by atoms with Crippen LogP contribution >= 0.6 is 0 Å². The molecule has 0 aromatic heterocycles. The minimum Gasteiger partial charge on any atom is -0.375 e. The van der Waals surface area contributed by atoms with Gasteiger partial charge in [0.05, 0.1) is 37.0 Å². The predicted octanol–water partition coefficient (Wildman–Crippen LogP) is -0.522. The highest BCUT2D eigenvalue weighted by Gasteiger charge is 2.59. The SMILES string of the molecule is CC1(C)CC(=O)[C@@H]([C@@]2(O)C(=O)N(C[NH+]3CCOCC3)c3ccccc32)CO1. The van der Waals surface area contributed by atoms with E-state index in [4.69, 9.17) is 9.47 Å². The number of nitrogens with zero attached hydrogens (tertiary/aromatic N) is 1. The maximum Gasteiger partial charge on any atom is 0.268 e. The summed E-state index contributed by atoms with van der Waals surface area (Å²) in [5, 5.41) is 11.6. The Bertz CT molecular complexity index is 758. The fraction of sp³-hybridized carbons (Fsp3) is 0.600. The molecule has 3 aliphatic heterocycles. The summed E-state index contributed by atoms with van der Waals surface area (Å²) in [5.74, 6) is -1.44. The Morgan fingerprint density at radius 2 is 1.93 bits per heavy atom. The number of quaternary nitrogens is 1. The molecule has 2 N–H and O–H groups in total. The Morgan fingerprint density at radius 1 is 1.22 bits per heavy atom. The number of carbonyl (C=O) groups excluding carboxylic acids is 2. The van der Waals surface area contributed by atoms with Gasteiger partial charge in [0, 0.05) is 12.0 Å². The smallest absolute Gasteiger partial charge is 0.268 e. The first kappa shape index (κ1) is 18.6. The minimum absolute atomic E-state index is 0.0423. The molecule has 0 spiro atoms. The van der Waals surface area contributed by atoms with E-state index in [9.17, 15) is 14.7 Å². The van der Waals surface area contributed by atoms with Gasteiger partial charge in [-0.3, -0.25) is 14.5 Å². The van der Waals surface area contributed by atoms with Gasteiger partial charge in [0.15, 0.2) is 12.3 Å². The number of hydrogen-bond acceptors (Lipinski definition) is 5. The molecular weight excluding hydrogens is 348 g/mol. The lowest BCUT2D eigenvalue weighted by atomic mass is 9.76. The largest absolute Gasteiger partial charge is 0.375 e. The number of amides is 1. The summed E-state index contributed by atoms with van der Waals surface area (Å²) < 4.78 is 11.2. The van der Waals surface area contributed by atoms with E-state index in [1.807, 2.05) is 26.0 Å². The molecule has 2 fully saturated rings. The Kier molecular flexibility index (Phi) is 4.58. The van der Waals surface area contributed by atoms with E-state index in [1.54, 1.807) is 17.0 Å². The van der Waals surface area contributed by atoms with Crippen LogP contribution < -0.4 is 9.80 Å². The first-order chi connectivity index (χ1) is 12.8. The number of rotatable bonds is 3. The van der Waals surface area contributed by atoms with E-state index in [1.165, 1.54) is 4.90 Å². The van der Waals surface area contributed by atoms with Gasteiger partial charge in [-0.2, -0.15) is 0 Å². The molecule has 2 atom stereocenters. The zero-order chi connectivity index (χ0) is 19.2. The van der Waals surface area contributed by atoms with Crippen LogP contribution in [0.25, 0.3) is 0 Å². The second kappa shape index (κ2) is 6.67. The van der Waals surface area contributed by atoms with E-state index in [0.29, 0.717) is 31.1 Å². The lowest BCUT2D eigenvalue weighted by Crippen LogP contribution is -3.15. The predicted molar refractivity (Wildman–Crippen MR) is 97.4 cm³/mol. The van der Waals surface area contributed by atoms with Crippen molar-refractivity contribution in [3.05, 3.63) is 29.8 Å². The van der Waals surface area contributed by atoms with Gasteiger partial charge in [0.1, 0.15) is 18.9 Å². The highest BCUT2D eigenvalue weighted by molar-refractivity contribution is 6.09. The zero-order valence-electron chi connectivity index (χ0n) is 15.9. The van der Waals surface area contributed by atoms with Crippen LogP contribution in [0.15, 0.2) is 24.3 Å². The van der Waals surface area contributed by atoms with E-state index >= 15 is 0 Å². The fourth-order valence-corrected chi connectivity index (χ4v) is 4.35. The molecule has 1 aromatic carbocycles. The van der Waals surface area contributed by atoms with Crippen molar-refractivity contribution in [2.45, 2.75) is 31.5 Å². The Labute approximate surface area is 158 Å². The summed E-state index contributed by atoms with van der Waals surface area (Å²) in [6.45, 7) is 7.14. The summed E-state index contributed by atoms with van der Waals surface area (Å²) >= 11 is 0. The van der Waals surface area contributed by atoms with Crippen LogP contribution in [0.1, 0.15) is 25.8 Å². The van der Waals surface area contributed by atoms with Crippen molar-refractivity contribution in [2.24, 2.45) is 5.92 Å². The van der Waals surface area contributed by atoms with Crippen molar-refractivity contribution < 1.29 is 29.1 Å². The third-order valence-electron chi connectivity index (χ3n) is 5.89. The number of carbonyl (C=O) groups is 2. The normalized spacial score (nSPS) is 31.2. The van der Waals surface area contributed by atoms with Crippen molar-refractivity contribution in [1.82, 2.24) is 0 Å². The summed E-state index contributed by atoms with van der Waals surface area (Å²) in [7, 11) is 0. The molecule has 0 saturated carbocycles. The number of benzene rings is 1. The number of aliphatic hydroxyl groups is 1. The highest BCUT2D eigenvalue weighted by Crippen LogP contribution is 2.46. The summed E-state index contributed by atoms with van der Waals surface area (Å²) in [5.41, 5.74) is -1.25. The number of anilines is 1. The Balaban J connectivity index is 1.67. The molecule has 2 saturated heterocycles. The van der Waals surface area contributed by atoms with E-state index < -0.39 is 23.0 Å². The van der Waals surface area contributed by atoms with E-state index in [-0.39, 0.29) is 18.8 Å².